The molecular weight excluding hydrogens is 302 g/mol. The molecule has 0 aromatic heterocycles. The SMILES string of the molecule is COc1ccc([C@H]2Cc3cc(Cl)ccc3NC(=O)[C@H]2O)cc1. The van der Waals surface area contributed by atoms with Crippen LogP contribution in [0.2, 0.25) is 5.02 Å². The summed E-state index contributed by atoms with van der Waals surface area (Å²) in [5.74, 6) is 0.00673. The first-order valence-corrected chi connectivity index (χ1v) is 7.37. The molecule has 0 bridgehead atoms. The summed E-state index contributed by atoms with van der Waals surface area (Å²) >= 11 is 6.04. The predicted octanol–water partition coefficient (Wildman–Crippen LogP) is 2.99. The number of carbonyl (C=O) groups is 1. The van der Waals surface area contributed by atoms with Crippen LogP contribution in [0.3, 0.4) is 0 Å². The molecule has 1 aliphatic rings. The van der Waals surface area contributed by atoms with E-state index >= 15 is 0 Å². The van der Waals surface area contributed by atoms with E-state index in [4.69, 9.17) is 16.3 Å². The molecule has 114 valence electrons. The van der Waals surface area contributed by atoms with Crippen LogP contribution in [0.25, 0.3) is 0 Å². The average Bonchev–Trinajstić information content (AvgIpc) is 2.65. The molecule has 1 aliphatic heterocycles. The molecule has 0 fully saturated rings. The number of benzene rings is 2. The highest BCUT2D eigenvalue weighted by Crippen LogP contribution is 2.33. The summed E-state index contributed by atoms with van der Waals surface area (Å²) in [6, 6.07) is 12.7. The van der Waals surface area contributed by atoms with E-state index in [9.17, 15) is 9.90 Å². The molecule has 4 nitrogen and oxygen atoms in total. The molecule has 0 radical (unpaired) electrons. The minimum Gasteiger partial charge on any atom is -0.497 e. The minimum atomic E-state index is -1.11. The Kier molecular flexibility index (Phi) is 4.05. The molecule has 1 amide bonds. The van der Waals surface area contributed by atoms with Crippen LogP contribution in [-0.4, -0.2) is 24.2 Å². The number of aliphatic hydroxyl groups excluding tert-OH is 1. The lowest BCUT2D eigenvalue weighted by Gasteiger charge is -2.19. The third kappa shape index (κ3) is 2.80. The second kappa shape index (κ2) is 5.99. The van der Waals surface area contributed by atoms with Crippen LogP contribution in [0.4, 0.5) is 5.69 Å². The number of anilines is 1. The fourth-order valence-corrected chi connectivity index (χ4v) is 2.94. The molecule has 5 heteroatoms. The lowest BCUT2D eigenvalue weighted by Crippen LogP contribution is -2.31. The summed E-state index contributed by atoms with van der Waals surface area (Å²) in [7, 11) is 1.60. The Morgan fingerprint density at radius 2 is 1.95 bits per heavy atom. The fraction of sp³-hybridized carbons (Fsp3) is 0.235. The van der Waals surface area contributed by atoms with Gasteiger partial charge in [0.05, 0.1) is 7.11 Å². The molecule has 0 aliphatic carbocycles. The Bertz CT molecular complexity index is 700. The van der Waals surface area contributed by atoms with Crippen LogP contribution in [0.5, 0.6) is 5.75 Å². The molecule has 2 aromatic carbocycles. The van der Waals surface area contributed by atoms with Crippen molar-refractivity contribution in [2.45, 2.75) is 18.4 Å². The standard InChI is InChI=1S/C17H16ClNO3/c1-22-13-5-2-10(3-6-13)14-9-11-8-12(18)4-7-15(11)19-17(21)16(14)20/h2-8,14,16,20H,9H2,1H3,(H,19,21)/t14-,16+/m1/s1. The molecule has 0 spiro atoms. The highest BCUT2D eigenvalue weighted by molar-refractivity contribution is 6.30. The highest BCUT2D eigenvalue weighted by atomic mass is 35.5. The summed E-state index contributed by atoms with van der Waals surface area (Å²) in [5, 5.41) is 13.7. The van der Waals surface area contributed by atoms with Crippen molar-refractivity contribution in [3.63, 3.8) is 0 Å². The number of nitrogens with one attached hydrogen (secondary N) is 1. The minimum absolute atomic E-state index is 0.328. The average molecular weight is 318 g/mol. The van der Waals surface area contributed by atoms with Crippen molar-refractivity contribution >= 4 is 23.2 Å². The summed E-state index contributed by atoms with van der Waals surface area (Å²) in [5.41, 5.74) is 2.50. The zero-order chi connectivity index (χ0) is 15.7. The monoisotopic (exact) mass is 317 g/mol. The summed E-state index contributed by atoms with van der Waals surface area (Å²) in [4.78, 5) is 12.1. The Hall–Kier alpha value is -2.04. The van der Waals surface area contributed by atoms with Gasteiger partial charge in [-0.05, 0) is 47.9 Å². The van der Waals surface area contributed by atoms with Gasteiger partial charge in [-0.1, -0.05) is 23.7 Å². The third-order valence-corrected chi connectivity index (χ3v) is 4.19. The van der Waals surface area contributed by atoms with Crippen molar-refractivity contribution < 1.29 is 14.6 Å². The molecule has 1 heterocycles. The quantitative estimate of drug-likeness (QED) is 0.895. The number of amides is 1. The zero-order valence-corrected chi connectivity index (χ0v) is 12.8. The number of methoxy groups -OCH3 is 1. The Labute approximate surface area is 133 Å². The maximum atomic E-state index is 12.1. The number of rotatable bonds is 2. The molecule has 2 atom stereocenters. The van der Waals surface area contributed by atoms with Crippen molar-refractivity contribution in [2.75, 3.05) is 12.4 Å². The molecule has 22 heavy (non-hydrogen) atoms. The maximum Gasteiger partial charge on any atom is 0.253 e. The van der Waals surface area contributed by atoms with Crippen molar-refractivity contribution in [3.05, 3.63) is 58.6 Å². The van der Waals surface area contributed by atoms with E-state index in [0.717, 1.165) is 16.9 Å². The Morgan fingerprint density at radius 1 is 1.23 bits per heavy atom. The molecule has 0 saturated heterocycles. The van der Waals surface area contributed by atoms with Gasteiger partial charge >= 0.3 is 0 Å². The van der Waals surface area contributed by atoms with E-state index in [0.29, 0.717) is 17.1 Å². The predicted molar refractivity (Wildman–Crippen MR) is 85.5 cm³/mol. The van der Waals surface area contributed by atoms with Gasteiger partial charge in [0.15, 0.2) is 0 Å². The lowest BCUT2D eigenvalue weighted by atomic mass is 9.88. The highest BCUT2D eigenvalue weighted by Gasteiger charge is 2.32. The normalized spacial score (nSPS) is 20.8. The second-order valence-corrected chi connectivity index (χ2v) is 5.76. The van der Waals surface area contributed by atoms with Gasteiger partial charge in [-0.25, -0.2) is 0 Å². The number of fused-ring (bicyclic) bond motifs is 1. The van der Waals surface area contributed by atoms with Gasteiger partial charge in [0.25, 0.3) is 5.91 Å². The summed E-state index contributed by atoms with van der Waals surface area (Å²) < 4.78 is 5.14. The van der Waals surface area contributed by atoms with E-state index < -0.39 is 12.0 Å². The number of carbonyl (C=O) groups excluding carboxylic acids is 1. The number of halogens is 1. The van der Waals surface area contributed by atoms with Gasteiger partial charge in [-0.15, -0.1) is 0 Å². The molecule has 2 N–H and O–H groups in total. The van der Waals surface area contributed by atoms with Crippen LogP contribution in [0.15, 0.2) is 42.5 Å². The topological polar surface area (TPSA) is 58.6 Å². The van der Waals surface area contributed by atoms with E-state index in [-0.39, 0.29) is 5.92 Å². The smallest absolute Gasteiger partial charge is 0.253 e. The van der Waals surface area contributed by atoms with Gasteiger partial charge in [0.1, 0.15) is 11.9 Å². The lowest BCUT2D eigenvalue weighted by molar-refractivity contribution is -0.124. The van der Waals surface area contributed by atoms with Crippen LogP contribution in [-0.2, 0) is 11.2 Å². The molecule has 2 aromatic rings. The third-order valence-electron chi connectivity index (χ3n) is 3.96. The number of aliphatic hydroxyl groups is 1. The number of ether oxygens (including phenoxy) is 1. The van der Waals surface area contributed by atoms with Crippen molar-refractivity contribution in [1.29, 1.82) is 0 Å². The number of hydrogen-bond donors (Lipinski definition) is 2. The molecule has 3 rings (SSSR count). The van der Waals surface area contributed by atoms with Gasteiger partial charge in [0.2, 0.25) is 0 Å². The molecular formula is C17H16ClNO3. The van der Waals surface area contributed by atoms with E-state index in [1.54, 1.807) is 19.2 Å². The van der Waals surface area contributed by atoms with E-state index in [1.807, 2.05) is 30.3 Å². The summed E-state index contributed by atoms with van der Waals surface area (Å²) in [6.45, 7) is 0. The first-order chi connectivity index (χ1) is 10.6. The van der Waals surface area contributed by atoms with Crippen molar-refractivity contribution in [1.82, 2.24) is 0 Å². The number of hydrogen-bond acceptors (Lipinski definition) is 3. The Balaban J connectivity index is 2.00. The van der Waals surface area contributed by atoms with Crippen LogP contribution in [0.1, 0.15) is 17.0 Å². The maximum absolute atomic E-state index is 12.1. The van der Waals surface area contributed by atoms with Gasteiger partial charge < -0.3 is 15.2 Å². The van der Waals surface area contributed by atoms with E-state index in [1.165, 1.54) is 0 Å². The van der Waals surface area contributed by atoms with Crippen molar-refractivity contribution in [2.24, 2.45) is 0 Å². The first kappa shape index (κ1) is 14.9. The van der Waals surface area contributed by atoms with Gasteiger partial charge in [-0.2, -0.15) is 0 Å². The van der Waals surface area contributed by atoms with Crippen LogP contribution < -0.4 is 10.1 Å². The Morgan fingerprint density at radius 3 is 2.64 bits per heavy atom. The van der Waals surface area contributed by atoms with Crippen LogP contribution in [0, 0.1) is 0 Å². The van der Waals surface area contributed by atoms with Gasteiger partial charge in [0, 0.05) is 16.6 Å². The largest absolute Gasteiger partial charge is 0.497 e. The molecule has 0 unspecified atom stereocenters. The van der Waals surface area contributed by atoms with E-state index in [2.05, 4.69) is 5.32 Å². The second-order valence-electron chi connectivity index (χ2n) is 5.32. The first-order valence-electron chi connectivity index (χ1n) is 7.00. The molecule has 0 saturated carbocycles. The van der Waals surface area contributed by atoms with Crippen molar-refractivity contribution in [3.8, 4) is 5.75 Å². The summed E-state index contributed by atoms with van der Waals surface area (Å²) in [6.07, 6.45) is -0.582. The van der Waals surface area contributed by atoms with Gasteiger partial charge in [-0.3, -0.25) is 4.79 Å². The zero-order valence-electron chi connectivity index (χ0n) is 12.0. The van der Waals surface area contributed by atoms with Crippen LogP contribution >= 0.6 is 11.6 Å². The fourth-order valence-electron chi connectivity index (χ4n) is 2.74.